The molecule has 0 unspecified atom stereocenters. The highest BCUT2D eigenvalue weighted by molar-refractivity contribution is 5.86. The predicted molar refractivity (Wildman–Crippen MR) is 120 cm³/mol. The van der Waals surface area contributed by atoms with Gasteiger partial charge in [0.05, 0.1) is 18.2 Å². The second kappa shape index (κ2) is 8.15. The molecule has 10 heteroatoms. The van der Waals surface area contributed by atoms with Gasteiger partial charge in [-0.2, -0.15) is 5.10 Å². The molecule has 5 aromatic rings. The van der Waals surface area contributed by atoms with E-state index in [9.17, 15) is 14.0 Å². The van der Waals surface area contributed by atoms with E-state index in [4.69, 9.17) is 0 Å². The number of carbonyl (C=O) groups is 1. The average molecular weight is 444 g/mol. The second-order valence-electron chi connectivity index (χ2n) is 7.33. The van der Waals surface area contributed by atoms with Crippen molar-refractivity contribution in [1.82, 2.24) is 25.1 Å². The van der Waals surface area contributed by atoms with Crippen LogP contribution in [0.1, 0.15) is 11.3 Å². The summed E-state index contributed by atoms with van der Waals surface area (Å²) in [7, 11) is 1.25. The van der Waals surface area contributed by atoms with Crippen molar-refractivity contribution < 1.29 is 13.9 Å². The van der Waals surface area contributed by atoms with E-state index in [0.29, 0.717) is 39.8 Å². The van der Waals surface area contributed by atoms with Gasteiger partial charge in [0.25, 0.3) is 5.56 Å². The maximum absolute atomic E-state index is 14.7. The van der Waals surface area contributed by atoms with E-state index in [2.05, 4.69) is 35.2 Å². The smallest absolute Gasteiger partial charge is 0.413 e. The molecule has 5 rings (SSSR count). The number of pyridine rings is 1. The third-order valence-electron chi connectivity index (χ3n) is 5.23. The van der Waals surface area contributed by atoms with Crippen LogP contribution in [0.5, 0.6) is 0 Å². The number of H-pyrrole nitrogens is 2. The molecule has 33 heavy (non-hydrogen) atoms. The summed E-state index contributed by atoms with van der Waals surface area (Å²) in [4.78, 5) is 34.8. The molecule has 0 aliphatic rings. The molecule has 164 valence electrons. The molecule has 0 atom stereocenters. The molecule has 0 saturated heterocycles. The molecule has 0 bridgehead atoms. The van der Waals surface area contributed by atoms with Crippen molar-refractivity contribution in [1.29, 1.82) is 0 Å². The molecule has 9 nitrogen and oxygen atoms in total. The third-order valence-corrected chi connectivity index (χ3v) is 5.23. The van der Waals surface area contributed by atoms with Crippen LogP contribution in [-0.2, 0) is 11.2 Å². The number of ether oxygens (including phenoxy) is 1. The number of fused-ring (bicyclic) bond motifs is 2. The SMILES string of the molecule is COC(=O)Nc1nc2cc(-c3cc(Cc4n[nH]c(=O)c5ccccc45)ccc3F)cnc2[nH]1. The molecule has 3 N–H and O–H groups in total. The van der Waals surface area contributed by atoms with Gasteiger partial charge in [0.15, 0.2) is 5.65 Å². The number of amides is 1. The zero-order valence-electron chi connectivity index (χ0n) is 17.3. The molecule has 1 amide bonds. The van der Waals surface area contributed by atoms with Gasteiger partial charge in [0.2, 0.25) is 5.95 Å². The number of carbonyl (C=O) groups excluding carboxylic acids is 1. The minimum Gasteiger partial charge on any atom is -0.453 e. The summed E-state index contributed by atoms with van der Waals surface area (Å²) in [6.07, 6.45) is 1.25. The van der Waals surface area contributed by atoms with Crippen LogP contribution in [0.2, 0.25) is 0 Å². The molecule has 0 saturated carbocycles. The monoisotopic (exact) mass is 444 g/mol. The van der Waals surface area contributed by atoms with Crippen LogP contribution in [0.25, 0.3) is 33.1 Å². The number of halogens is 1. The summed E-state index contributed by atoms with van der Waals surface area (Å²) in [5.41, 5.74) is 3.00. The molecule has 0 fully saturated rings. The van der Waals surface area contributed by atoms with Crippen molar-refractivity contribution in [3.8, 4) is 11.1 Å². The van der Waals surface area contributed by atoms with Crippen molar-refractivity contribution in [2.24, 2.45) is 0 Å². The maximum Gasteiger partial charge on any atom is 0.413 e. The number of nitrogens with one attached hydrogen (secondary N) is 3. The van der Waals surface area contributed by atoms with Gasteiger partial charge in [-0.3, -0.25) is 10.1 Å². The van der Waals surface area contributed by atoms with Crippen LogP contribution in [0.4, 0.5) is 15.1 Å². The van der Waals surface area contributed by atoms with Gasteiger partial charge in [-0.15, -0.1) is 0 Å². The molecular formula is C23H17FN6O3. The first-order chi connectivity index (χ1) is 16.0. The minimum absolute atomic E-state index is 0.173. The molecule has 0 spiro atoms. The van der Waals surface area contributed by atoms with E-state index >= 15 is 0 Å². The van der Waals surface area contributed by atoms with Gasteiger partial charge in [-0.05, 0) is 29.8 Å². The molecule has 0 radical (unpaired) electrons. The lowest BCUT2D eigenvalue weighted by atomic mass is 9.99. The number of hydrogen-bond donors (Lipinski definition) is 3. The molecular weight excluding hydrogens is 427 g/mol. The number of aromatic nitrogens is 5. The summed E-state index contributed by atoms with van der Waals surface area (Å²) in [5, 5.41) is 10.4. The summed E-state index contributed by atoms with van der Waals surface area (Å²) in [6.45, 7) is 0. The fourth-order valence-electron chi connectivity index (χ4n) is 3.65. The number of aromatic amines is 2. The van der Waals surface area contributed by atoms with E-state index in [1.165, 1.54) is 19.4 Å². The van der Waals surface area contributed by atoms with Crippen molar-refractivity contribution in [2.75, 3.05) is 12.4 Å². The first kappa shape index (κ1) is 20.3. The lowest BCUT2D eigenvalue weighted by molar-refractivity contribution is 0.186. The minimum atomic E-state index is -0.670. The van der Waals surface area contributed by atoms with Crippen molar-refractivity contribution in [3.05, 3.63) is 82.2 Å². The Kier molecular flexibility index (Phi) is 5.02. The number of imidazole rings is 1. The van der Waals surface area contributed by atoms with Crippen molar-refractivity contribution in [3.63, 3.8) is 0 Å². The van der Waals surface area contributed by atoms with E-state index in [-0.39, 0.29) is 11.5 Å². The Morgan fingerprint density at radius 1 is 1.15 bits per heavy atom. The largest absolute Gasteiger partial charge is 0.453 e. The number of rotatable bonds is 4. The maximum atomic E-state index is 14.7. The summed E-state index contributed by atoms with van der Waals surface area (Å²) >= 11 is 0. The molecule has 0 aliphatic carbocycles. The summed E-state index contributed by atoms with van der Waals surface area (Å²) < 4.78 is 19.3. The normalized spacial score (nSPS) is 11.1. The lowest BCUT2D eigenvalue weighted by Gasteiger charge is -2.08. The van der Waals surface area contributed by atoms with E-state index < -0.39 is 11.9 Å². The van der Waals surface area contributed by atoms with Gasteiger partial charge < -0.3 is 9.72 Å². The Morgan fingerprint density at radius 3 is 2.79 bits per heavy atom. The van der Waals surface area contributed by atoms with Crippen LogP contribution in [0, 0.1) is 5.82 Å². The Balaban J connectivity index is 1.50. The third kappa shape index (κ3) is 3.89. The lowest BCUT2D eigenvalue weighted by Crippen LogP contribution is -2.11. The topological polar surface area (TPSA) is 126 Å². The number of methoxy groups -OCH3 is 1. The fourth-order valence-corrected chi connectivity index (χ4v) is 3.65. The first-order valence-corrected chi connectivity index (χ1v) is 9.97. The molecule has 0 aliphatic heterocycles. The fraction of sp³-hybridized carbons (Fsp3) is 0.0870. The van der Waals surface area contributed by atoms with Crippen molar-refractivity contribution in [2.45, 2.75) is 6.42 Å². The number of nitrogens with zero attached hydrogens (tertiary/aromatic N) is 3. The van der Waals surface area contributed by atoms with Crippen LogP contribution in [0.3, 0.4) is 0 Å². The molecule has 3 aromatic heterocycles. The van der Waals surface area contributed by atoms with Gasteiger partial charge >= 0.3 is 6.09 Å². The van der Waals surface area contributed by atoms with Crippen LogP contribution in [-0.4, -0.2) is 38.4 Å². The Labute approximate surface area is 185 Å². The number of anilines is 1. The van der Waals surface area contributed by atoms with E-state index in [1.807, 2.05) is 12.1 Å². The highest BCUT2D eigenvalue weighted by Crippen LogP contribution is 2.27. The van der Waals surface area contributed by atoms with Gasteiger partial charge in [0, 0.05) is 29.1 Å². The van der Waals surface area contributed by atoms with E-state index in [0.717, 1.165) is 10.9 Å². The predicted octanol–water partition coefficient (Wildman–Crippen LogP) is 3.77. The Morgan fingerprint density at radius 2 is 1.97 bits per heavy atom. The van der Waals surface area contributed by atoms with Gasteiger partial charge in [-0.25, -0.2) is 24.3 Å². The summed E-state index contributed by atoms with van der Waals surface area (Å²) in [6, 6.07) is 13.7. The molecule has 2 aromatic carbocycles. The highest BCUT2D eigenvalue weighted by atomic mass is 19.1. The van der Waals surface area contributed by atoms with Crippen molar-refractivity contribution >= 4 is 34.0 Å². The standard InChI is InChI=1S/C23H17FN6O3/c1-33-23(32)28-22-26-19-10-13(11-25-20(19)27-22)16-8-12(6-7-17(16)24)9-18-14-4-2-3-5-15(14)21(31)30-29-18/h2-8,10-11H,9H2,1H3,(H,30,31)(H2,25,26,27,28,32). The highest BCUT2D eigenvalue weighted by Gasteiger charge is 2.13. The summed E-state index contributed by atoms with van der Waals surface area (Å²) in [5.74, 6) is -0.241. The van der Waals surface area contributed by atoms with Crippen LogP contribution in [0.15, 0.2) is 59.5 Å². The average Bonchev–Trinajstić information content (AvgIpc) is 3.23. The quantitative estimate of drug-likeness (QED) is 0.387. The number of hydrogen-bond acceptors (Lipinski definition) is 6. The van der Waals surface area contributed by atoms with Gasteiger partial charge in [0.1, 0.15) is 11.3 Å². The zero-order valence-corrected chi connectivity index (χ0v) is 17.3. The van der Waals surface area contributed by atoms with Crippen LogP contribution >= 0.6 is 0 Å². The first-order valence-electron chi connectivity index (χ1n) is 9.97. The zero-order chi connectivity index (χ0) is 22.9. The Hall–Kier alpha value is -4.60. The second-order valence-corrected chi connectivity index (χ2v) is 7.33. The Bertz CT molecular complexity index is 1580. The van der Waals surface area contributed by atoms with Crippen LogP contribution < -0.4 is 10.9 Å². The van der Waals surface area contributed by atoms with Gasteiger partial charge in [-0.1, -0.05) is 24.3 Å². The van der Waals surface area contributed by atoms with E-state index in [1.54, 1.807) is 30.3 Å². The molecule has 3 heterocycles. The number of benzene rings is 2.